The van der Waals surface area contributed by atoms with Crippen LogP contribution in [0.15, 0.2) is 24.3 Å². The first kappa shape index (κ1) is 15.5. The van der Waals surface area contributed by atoms with E-state index in [0.29, 0.717) is 12.1 Å². The number of nitrogens with two attached hydrogens (primary N) is 1. The molecule has 0 spiro atoms. The number of nitrogens with zero attached hydrogens (tertiary/aromatic N) is 1. The molecule has 1 aromatic rings. The molecule has 1 fully saturated rings. The number of hydrogen-bond donors (Lipinski definition) is 2. The zero-order chi connectivity index (χ0) is 15.4. The van der Waals surface area contributed by atoms with Gasteiger partial charge in [0.1, 0.15) is 0 Å². The maximum Gasteiger partial charge on any atom is 0.289 e. The summed E-state index contributed by atoms with van der Waals surface area (Å²) < 4.78 is 0. The SMILES string of the molecule is C[C@@H](CN)NC(=O)c1cccc(CN2C(=O)CSC2=O)c1. The highest BCUT2D eigenvalue weighted by molar-refractivity contribution is 8.14. The third-order valence-electron chi connectivity index (χ3n) is 3.10. The van der Waals surface area contributed by atoms with Crippen LogP contribution in [0.2, 0.25) is 0 Å². The van der Waals surface area contributed by atoms with Gasteiger partial charge in [0.2, 0.25) is 5.91 Å². The number of amides is 3. The Labute approximate surface area is 127 Å². The van der Waals surface area contributed by atoms with E-state index in [1.165, 1.54) is 4.90 Å². The van der Waals surface area contributed by atoms with E-state index < -0.39 is 0 Å². The normalized spacial score (nSPS) is 16.2. The van der Waals surface area contributed by atoms with E-state index in [1.807, 2.05) is 6.92 Å². The van der Waals surface area contributed by atoms with Crippen molar-refractivity contribution in [3.05, 3.63) is 35.4 Å². The van der Waals surface area contributed by atoms with Gasteiger partial charge in [-0.25, -0.2) is 0 Å². The van der Waals surface area contributed by atoms with Crippen molar-refractivity contribution in [2.24, 2.45) is 5.73 Å². The van der Waals surface area contributed by atoms with Crippen LogP contribution >= 0.6 is 11.8 Å². The van der Waals surface area contributed by atoms with Crippen LogP contribution in [0.3, 0.4) is 0 Å². The predicted octanol–water partition coefficient (Wildman–Crippen LogP) is 0.959. The van der Waals surface area contributed by atoms with Gasteiger partial charge in [0, 0.05) is 18.2 Å². The number of thioether (sulfide) groups is 1. The van der Waals surface area contributed by atoms with E-state index in [9.17, 15) is 14.4 Å². The maximum absolute atomic E-state index is 12.0. The van der Waals surface area contributed by atoms with Gasteiger partial charge < -0.3 is 11.1 Å². The lowest BCUT2D eigenvalue weighted by Gasteiger charge is -2.14. The molecular weight excluding hydrogens is 290 g/mol. The van der Waals surface area contributed by atoms with Gasteiger partial charge in [-0.05, 0) is 24.6 Å². The zero-order valence-corrected chi connectivity index (χ0v) is 12.5. The molecule has 0 radical (unpaired) electrons. The van der Waals surface area contributed by atoms with Gasteiger partial charge >= 0.3 is 0 Å². The van der Waals surface area contributed by atoms with Gasteiger partial charge in [0.25, 0.3) is 11.1 Å². The number of benzene rings is 1. The van der Waals surface area contributed by atoms with E-state index in [1.54, 1.807) is 24.3 Å². The van der Waals surface area contributed by atoms with Crippen molar-refractivity contribution in [2.75, 3.05) is 12.3 Å². The first-order chi connectivity index (χ1) is 10.0. The fraction of sp³-hybridized carbons (Fsp3) is 0.357. The summed E-state index contributed by atoms with van der Waals surface area (Å²) in [6.45, 7) is 2.37. The summed E-state index contributed by atoms with van der Waals surface area (Å²) in [5.74, 6) is -0.229. The minimum absolute atomic E-state index is 0.112. The van der Waals surface area contributed by atoms with E-state index in [-0.39, 0.29) is 35.4 Å². The largest absolute Gasteiger partial charge is 0.348 e. The first-order valence-corrected chi connectivity index (χ1v) is 7.57. The highest BCUT2D eigenvalue weighted by Crippen LogP contribution is 2.21. The lowest BCUT2D eigenvalue weighted by molar-refractivity contribution is -0.125. The van der Waals surface area contributed by atoms with Crippen LogP contribution in [-0.2, 0) is 11.3 Å². The molecule has 1 heterocycles. The molecule has 0 aliphatic carbocycles. The molecule has 112 valence electrons. The smallest absolute Gasteiger partial charge is 0.289 e. The van der Waals surface area contributed by atoms with Gasteiger partial charge in [-0.1, -0.05) is 23.9 Å². The maximum atomic E-state index is 12.0. The van der Waals surface area contributed by atoms with E-state index in [4.69, 9.17) is 5.73 Å². The number of hydrogen-bond acceptors (Lipinski definition) is 5. The number of carbonyl (C=O) groups is 3. The van der Waals surface area contributed by atoms with Gasteiger partial charge in [-0.2, -0.15) is 0 Å². The van der Waals surface area contributed by atoms with Crippen LogP contribution in [0.4, 0.5) is 4.79 Å². The van der Waals surface area contributed by atoms with Crippen molar-refractivity contribution in [1.29, 1.82) is 0 Å². The lowest BCUT2D eigenvalue weighted by Crippen LogP contribution is -2.37. The summed E-state index contributed by atoms with van der Waals surface area (Å²) in [7, 11) is 0. The Balaban J connectivity index is 2.09. The van der Waals surface area contributed by atoms with Crippen molar-refractivity contribution < 1.29 is 14.4 Å². The third kappa shape index (κ3) is 3.83. The summed E-state index contributed by atoms with van der Waals surface area (Å²) in [5, 5.41) is 2.52. The Morgan fingerprint density at radius 2 is 2.24 bits per heavy atom. The first-order valence-electron chi connectivity index (χ1n) is 6.58. The third-order valence-corrected chi connectivity index (χ3v) is 3.96. The van der Waals surface area contributed by atoms with Crippen molar-refractivity contribution in [3.63, 3.8) is 0 Å². The molecule has 1 aliphatic rings. The average Bonchev–Trinajstić information content (AvgIpc) is 2.79. The minimum atomic E-state index is -0.244. The molecule has 1 aliphatic heterocycles. The molecule has 0 aromatic heterocycles. The predicted molar refractivity (Wildman–Crippen MR) is 80.8 cm³/mol. The Morgan fingerprint density at radius 3 is 2.86 bits per heavy atom. The van der Waals surface area contributed by atoms with Gasteiger partial charge in [-0.15, -0.1) is 0 Å². The fourth-order valence-electron chi connectivity index (χ4n) is 1.89. The Kier molecular flexibility index (Phi) is 4.98. The molecule has 1 aromatic carbocycles. The number of nitrogens with one attached hydrogen (secondary N) is 1. The molecule has 6 nitrogen and oxygen atoms in total. The summed E-state index contributed by atoms with van der Waals surface area (Å²) >= 11 is 0.999. The molecule has 3 N–H and O–H groups in total. The topological polar surface area (TPSA) is 92.5 Å². The Bertz CT molecular complexity index is 560. The van der Waals surface area contributed by atoms with Crippen molar-refractivity contribution in [3.8, 4) is 0 Å². The number of imide groups is 1. The van der Waals surface area contributed by atoms with Crippen LogP contribution in [0.5, 0.6) is 0 Å². The lowest BCUT2D eigenvalue weighted by atomic mass is 10.1. The number of carbonyl (C=O) groups excluding carboxylic acids is 3. The van der Waals surface area contributed by atoms with Crippen LogP contribution in [0.25, 0.3) is 0 Å². The van der Waals surface area contributed by atoms with Gasteiger partial charge in [-0.3, -0.25) is 19.3 Å². The van der Waals surface area contributed by atoms with Crippen LogP contribution in [0.1, 0.15) is 22.8 Å². The summed E-state index contributed by atoms with van der Waals surface area (Å²) in [4.78, 5) is 36.4. The molecule has 1 saturated heterocycles. The van der Waals surface area contributed by atoms with Crippen LogP contribution < -0.4 is 11.1 Å². The van der Waals surface area contributed by atoms with Crippen molar-refractivity contribution in [2.45, 2.75) is 19.5 Å². The Hall–Kier alpha value is -1.86. The molecule has 3 amide bonds. The highest BCUT2D eigenvalue weighted by Gasteiger charge is 2.29. The molecule has 0 bridgehead atoms. The van der Waals surface area contributed by atoms with Crippen molar-refractivity contribution in [1.82, 2.24) is 10.2 Å². The summed E-state index contributed by atoms with van der Waals surface area (Å²) in [6.07, 6.45) is 0. The second-order valence-corrected chi connectivity index (χ2v) is 5.77. The molecule has 2 rings (SSSR count). The standard InChI is InChI=1S/C14H17N3O3S/c1-9(6-15)16-13(19)11-4-2-3-10(5-11)7-17-12(18)8-21-14(17)20/h2-5,9H,6-8,15H2,1H3,(H,16,19)/t9-/m0/s1. The molecule has 0 saturated carbocycles. The van der Waals surface area contributed by atoms with Crippen LogP contribution in [0, 0.1) is 0 Å². The van der Waals surface area contributed by atoms with Gasteiger partial charge in [0.15, 0.2) is 0 Å². The second-order valence-electron chi connectivity index (χ2n) is 4.85. The zero-order valence-electron chi connectivity index (χ0n) is 11.7. The summed E-state index contributed by atoms with van der Waals surface area (Å²) in [5.41, 5.74) is 6.70. The second kappa shape index (κ2) is 6.73. The average molecular weight is 307 g/mol. The van der Waals surface area contributed by atoms with Gasteiger partial charge in [0.05, 0.1) is 12.3 Å². The van der Waals surface area contributed by atoms with E-state index in [0.717, 1.165) is 17.3 Å². The Morgan fingerprint density at radius 1 is 1.48 bits per heavy atom. The highest BCUT2D eigenvalue weighted by atomic mass is 32.2. The molecule has 0 unspecified atom stereocenters. The monoisotopic (exact) mass is 307 g/mol. The van der Waals surface area contributed by atoms with E-state index >= 15 is 0 Å². The van der Waals surface area contributed by atoms with E-state index in [2.05, 4.69) is 5.32 Å². The van der Waals surface area contributed by atoms with Crippen LogP contribution in [-0.4, -0.2) is 40.3 Å². The number of rotatable bonds is 5. The minimum Gasteiger partial charge on any atom is -0.348 e. The molecular formula is C14H17N3O3S. The fourth-order valence-corrected chi connectivity index (χ4v) is 2.62. The molecule has 21 heavy (non-hydrogen) atoms. The molecule has 1 atom stereocenters. The summed E-state index contributed by atoms with van der Waals surface area (Å²) in [6, 6.07) is 6.77. The quantitative estimate of drug-likeness (QED) is 0.845. The molecule has 7 heteroatoms. The van der Waals surface area contributed by atoms with Crippen molar-refractivity contribution >= 4 is 28.8 Å².